The van der Waals surface area contributed by atoms with Gasteiger partial charge in [-0.2, -0.15) is 0 Å². The van der Waals surface area contributed by atoms with E-state index < -0.39 is 11.9 Å². The summed E-state index contributed by atoms with van der Waals surface area (Å²) in [4.78, 5) is 27.4. The SMILES string of the molecule is O=C(O)[C@H]1CCCC[C@H]1C(=O)N(Cc1cccs1)C1CC1. The van der Waals surface area contributed by atoms with Gasteiger partial charge in [0, 0.05) is 10.9 Å². The van der Waals surface area contributed by atoms with Crippen LogP contribution >= 0.6 is 11.3 Å². The first kappa shape index (κ1) is 14.6. The zero-order chi connectivity index (χ0) is 14.8. The number of aliphatic carboxylic acids is 1. The van der Waals surface area contributed by atoms with Crippen LogP contribution < -0.4 is 0 Å². The lowest BCUT2D eigenvalue weighted by molar-refractivity contribution is -0.152. The standard InChI is InChI=1S/C16H21NO3S/c18-15(13-5-1-2-6-14(13)16(19)20)17(11-7-8-11)10-12-4-3-9-21-12/h3-4,9,11,13-14H,1-2,5-8,10H2,(H,19,20)/t13-,14+/m1/s1. The van der Waals surface area contributed by atoms with E-state index in [4.69, 9.17) is 0 Å². The molecule has 0 radical (unpaired) electrons. The first-order valence-electron chi connectivity index (χ1n) is 7.72. The van der Waals surface area contributed by atoms with E-state index >= 15 is 0 Å². The smallest absolute Gasteiger partial charge is 0.307 e. The largest absolute Gasteiger partial charge is 0.481 e. The summed E-state index contributed by atoms with van der Waals surface area (Å²) in [5.41, 5.74) is 0. The zero-order valence-corrected chi connectivity index (χ0v) is 12.8. The molecule has 0 aromatic carbocycles. The maximum absolute atomic E-state index is 12.9. The second-order valence-corrected chi connectivity index (χ2v) is 7.14. The van der Waals surface area contributed by atoms with Gasteiger partial charge in [-0.3, -0.25) is 9.59 Å². The van der Waals surface area contributed by atoms with Crippen molar-refractivity contribution >= 4 is 23.2 Å². The average Bonchev–Trinajstić information content (AvgIpc) is 3.20. The molecule has 21 heavy (non-hydrogen) atoms. The van der Waals surface area contributed by atoms with Crippen LogP contribution in [-0.2, 0) is 16.1 Å². The van der Waals surface area contributed by atoms with E-state index in [-0.39, 0.29) is 11.8 Å². The van der Waals surface area contributed by atoms with Crippen LogP contribution in [0.15, 0.2) is 17.5 Å². The third-order valence-corrected chi connectivity index (χ3v) is 5.44. The summed E-state index contributed by atoms with van der Waals surface area (Å²) in [6, 6.07) is 4.37. The molecule has 5 heteroatoms. The van der Waals surface area contributed by atoms with E-state index in [9.17, 15) is 14.7 Å². The molecule has 1 aromatic rings. The highest BCUT2D eigenvalue weighted by molar-refractivity contribution is 7.09. The Bertz CT molecular complexity index is 510. The van der Waals surface area contributed by atoms with Crippen LogP contribution in [0.25, 0.3) is 0 Å². The van der Waals surface area contributed by atoms with Gasteiger partial charge in [0.15, 0.2) is 0 Å². The molecule has 2 aliphatic carbocycles. The minimum Gasteiger partial charge on any atom is -0.481 e. The van der Waals surface area contributed by atoms with E-state index in [2.05, 4.69) is 0 Å². The number of carboxylic acid groups (broad SMARTS) is 1. The highest BCUT2D eigenvalue weighted by Crippen LogP contribution is 2.36. The van der Waals surface area contributed by atoms with Gasteiger partial charge < -0.3 is 10.0 Å². The Labute approximate surface area is 128 Å². The fraction of sp³-hybridized carbons (Fsp3) is 0.625. The number of amides is 1. The summed E-state index contributed by atoms with van der Waals surface area (Å²) in [5.74, 6) is -1.55. The van der Waals surface area contributed by atoms with E-state index in [1.165, 1.54) is 4.88 Å². The minimum absolute atomic E-state index is 0.0676. The van der Waals surface area contributed by atoms with E-state index in [1.807, 2.05) is 22.4 Å². The number of carbonyl (C=O) groups is 2. The number of nitrogens with zero attached hydrogens (tertiary/aromatic N) is 1. The van der Waals surface area contributed by atoms with Crippen LogP contribution in [0.3, 0.4) is 0 Å². The Balaban J connectivity index is 1.75. The van der Waals surface area contributed by atoms with E-state index in [0.29, 0.717) is 19.0 Å². The van der Waals surface area contributed by atoms with Crippen molar-refractivity contribution in [1.82, 2.24) is 4.90 Å². The number of thiophene rings is 1. The van der Waals surface area contributed by atoms with Crippen molar-refractivity contribution in [3.63, 3.8) is 0 Å². The molecule has 2 aliphatic rings. The van der Waals surface area contributed by atoms with Gasteiger partial charge >= 0.3 is 5.97 Å². The van der Waals surface area contributed by atoms with Crippen LogP contribution in [0.1, 0.15) is 43.4 Å². The molecule has 0 bridgehead atoms. The van der Waals surface area contributed by atoms with Crippen LogP contribution in [0, 0.1) is 11.8 Å². The van der Waals surface area contributed by atoms with Gasteiger partial charge in [0.2, 0.25) is 5.91 Å². The molecule has 0 saturated heterocycles. The number of carbonyl (C=O) groups excluding carboxylic acids is 1. The van der Waals surface area contributed by atoms with Gasteiger partial charge in [-0.15, -0.1) is 11.3 Å². The summed E-state index contributed by atoms with van der Waals surface area (Å²) >= 11 is 1.66. The molecule has 1 amide bonds. The summed E-state index contributed by atoms with van der Waals surface area (Å²) in [6.45, 7) is 0.643. The maximum Gasteiger partial charge on any atom is 0.307 e. The first-order valence-corrected chi connectivity index (χ1v) is 8.60. The van der Waals surface area contributed by atoms with Crippen molar-refractivity contribution in [1.29, 1.82) is 0 Å². The molecule has 2 atom stereocenters. The number of hydrogen-bond acceptors (Lipinski definition) is 3. The topological polar surface area (TPSA) is 57.6 Å². The van der Waals surface area contributed by atoms with Crippen molar-refractivity contribution in [3.8, 4) is 0 Å². The second-order valence-electron chi connectivity index (χ2n) is 6.11. The van der Waals surface area contributed by atoms with E-state index in [0.717, 1.165) is 32.1 Å². The minimum atomic E-state index is -0.806. The fourth-order valence-electron chi connectivity index (χ4n) is 3.28. The predicted octanol–water partition coefficient (Wildman–Crippen LogP) is 3.13. The molecule has 0 unspecified atom stereocenters. The summed E-state index contributed by atoms with van der Waals surface area (Å²) in [6.07, 6.45) is 5.38. The van der Waals surface area contributed by atoms with Crippen molar-refractivity contribution in [2.75, 3.05) is 0 Å². The van der Waals surface area contributed by atoms with Gasteiger partial charge in [-0.05, 0) is 37.1 Å². The first-order chi connectivity index (χ1) is 10.2. The molecule has 3 rings (SSSR count). The van der Waals surface area contributed by atoms with Crippen LogP contribution in [0.5, 0.6) is 0 Å². The van der Waals surface area contributed by atoms with Crippen LogP contribution in [0.2, 0.25) is 0 Å². The summed E-state index contributed by atoms with van der Waals surface area (Å²) in [5, 5.41) is 11.4. The highest BCUT2D eigenvalue weighted by Gasteiger charge is 2.41. The molecule has 1 heterocycles. The third-order valence-electron chi connectivity index (χ3n) is 4.58. The Kier molecular flexibility index (Phi) is 4.29. The van der Waals surface area contributed by atoms with Gasteiger partial charge in [-0.1, -0.05) is 18.9 Å². The lowest BCUT2D eigenvalue weighted by atomic mass is 9.78. The normalized spacial score (nSPS) is 25.5. The maximum atomic E-state index is 12.9. The Morgan fingerprint density at radius 2 is 1.90 bits per heavy atom. The van der Waals surface area contributed by atoms with E-state index in [1.54, 1.807) is 11.3 Å². The van der Waals surface area contributed by atoms with Crippen molar-refractivity contribution in [2.24, 2.45) is 11.8 Å². The summed E-state index contributed by atoms with van der Waals surface area (Å²) in [7, 11) is 0. The fourth-order valence-corrected chi connectivity index (χ4v) is 3.98. The monoisotopic (exact) mass is 307 g/mol. The number of carboxylic acids is 1. The van der Waals surface area contributed by atoms with Crippen molar-refractivity contribution < 1.29 is 14.7 Å². The van der Waals surface area contributed by atoms with Crippen molar-refractivity contribution in [3.05, 3.63) is 22.4 Å². The van der Waals surface area contributed by atoms with Gasteiger partial charge in [-0.25, -0.2) is 0 Å². The molecule has 0 spiro atoms. The Morgan fingerprint density at radius 1 is 1.19 bits per heavy atom. The van der Waals surface area contributed by atoms with Crippen LogP contribution in [0.4, 0.5) is 0 Å². The second kappa shape index (κ2) is 6.18. The third kappa shape index (κ3) is 3.28. The lowest BCUT2D eigenvalue weighted by Crippen LogP contribution is -2.43. The zero-order valence-electron chi connectivity index (χ0n) is 12.0. The quantitative estimate of drug-likeness (QED) is 0.909. The molecule has 1 N–H and O–H groups in total. The molecule has 4 nitrogen and oxygen atoms in total. The Morgan fingerprint density at radius 3 is 2.48 bits per heavy atom. The van der Waals surface area contributed by atoms with Gasteiger partial charge in [0.05, 0.1) is 18.4 Å². The molecule has 114 valence electrons. The van der Waals surface area contributed by atoms with Gasteiger partial charge in [0.1, 0.15) is 0 Å². The molecule has 1 aromatic heterocycles. The lowest BCUT2D eigenvalue weighted by Gasteiger charge is -2.32. The number of hydrogen-bond donors (Lipinski definition) is 1. The van der Waals surface area contributed by atoms with Crippen LogP contribution in [-0.4, -0.2) is 27.9 Å². The summed E-state index contributed by atoms with van der Waals surface area (Å²) < 4.78 is 0. The molecular weight excluding hydrogens is 286 g/mol. The molecule has 0 aliphatic heterocycles. The van der Waals surface area contributed by atoms with Crippen molar-refractivity contribution in [2.45, 2.75) is 51.1 Å². The highest BCUT2D eigenvalue weighted by atomic mass is 32.1. The molecule has 2 fully saturated rings. The van der Waals surface area contributed by atoms with Gasteiger partial charge in [0.25, 0.3) is 0 Å². The Hall–Kier alpha value is -1.36. The molecular formula is C16H21NO3S. The predicted molar refractivity (Wildman–Crippen MR) is 81.0 cm³/mol. The number of rotatable bonds is 5. The molecule has 2 saturated carbocycles. The average molecular weight is 307 g/mol.